The van der Waals surface area contributed by atoms with Gasteiger partial charge in [-0.15, -0.1) is 0 Å². The molecule has 3 aromatic rings. The van der Waals surface area contributed by atoms with Gasteiger partial charge >= 0.3 is 0 Å². The van der Waals surface area contributed by atoms with Crippen molar-refractivity contribution in [2.45, 2.75) is 57.5 Å². The van der Waals surface area contributed by atoms with Crippen molar-refractivity contribution in [3.8, 4) is 0 Å². The zero-order valence-corrected chi connectivity index (χ0v) is 18.3. The predicted molar refractivity (Wildman–Crippen MR) is 111 cm³/mol. The molecule has 0 aliphatic carbocycles. The van der Waals surface area contributed by atoms with Crippen molar-refractivity contribution >= 4 is 38.6 Å². The Morgan fingerprint density at radius 2 is 2.04 bits per heavy atom. The quantitative estimate of drug-likeness (QED) is 0.372. The lowest BCUT2D eigenvalue weighted by Gasteiger charge is -2.16. The summed E-state index contributed by atoms with van der Waals surface area (Å²) in [7, 11) is 0. The van der Waals surface area contributed by atoms with Crippen LogP contribution in [-0.2, 0) is 13.0 Å². The van der Waals surface area contributed by atoms with Crippen molar-refractivity contribution in [3.05, 3.63) is 44.7 Å². The Labute approximate surface area is 170 Å². The zero-order valence-electron chi connectivity index (χ0n) is 15.9. The largest absolute Gasteiger partial charge is 0.338 e. The summed E-state index contributed by atoms with van der Waals surface area (Å²) >= 11 is 4.91. The SMILES string of the molecule is CCCc1noc(C(C)Sc2nc3ccc(Br)cc3c(=O)n2CC(C)C)n1. The van der Waals surface area contributed by atoms with Crippen LogP contribution < -0.4 is 5.56 Å². The summed E-state index contributed by atoms with van der Waals surface area (Å²) in [6.07, 6.45) is 1.76. The summed E-state index contributed by atoms with van der Waals surface area (Å²) in [5.41, 5.74) is 0.664. The maximum absolute atomic E-state index is 13.1. The van der Waals surface area contributed by atoms with Gasteiger partial charge in [-0.25, -0.2) is 4.98 Å². The molecule has 6 nitrogen and oxygen atoms in total. The number of rotatable bonds is 7. The van der Waals surface area contributed by atoms with Crippen LogP contribution in [0.5, 0.6) is 0 Å². The van der Waals surface area contributed by atoms with Crippen LogP contribution in [-0.4, -0.2) is 19.7 Å². The van der Waals surface area contributed by atoms with Gasteiger partial charge in [0.25, 0.3) is 5.56 Å². The number of hydrogen-bond donors (Lipinski definition) is 0. The van der Waals surface area contributed by atoms with Crippen molar-refractivity contribution in [1.82, 2.24) is 19.7 Å². The fourth-order valence-electron chi connectivity index (χ4n) is 2.76. The van der Waals surface area contributed by atoms with E-state index in [0.717, 1.165) is 23.1 Å². The second-order valence-corrected chi connectivity index (χ2v) is 9.15. The number of aryl methyl sites for hydroxylation is 1. The number of thioether (sulfide) groups is 1. The van der Waals surface area contributed by atoms with E-state index in [-0.39, 0.29) is 10.8 Å². The highest BCUT2D eigenvalue weighted by Crippen LogP contribution is 2.33. The molecule has 2 aromatic heterocycles. The minimum atomic E-state index is -0.0960. The Balaban J connectivity index is 2.00. The first kappa shape index (κ1) is 20.1. The fraction of sp³-hybridized carbons (Fsp3) is 0.474. The fourth-order valence-corrected chi connectivity index (χ4v) is 4.06. The van der Waals surface area contributed by atoms with Gasteiger partial charge in [-0.1, -0.05) is 53.6 Å². The molecular formula is C19H23BrN4O2S. The normalized spacial score (nSPS) is 12.8. The van der Waals surface area contributed by atoms with Crippen molar-refractivity contribution in [2.24, 2.45) is 5.92 Å². The van der Waals surface area contributed by atoms with Crippen LogP contribution in [0.2, 0.25) is 0 Å². The molecule has 0 radical (unpaired) electrons. The molecule has 0 spiro atoms. The lowest BCUT2D eigenvalue weighted by molar-refractivity contribution is 0.374. The number of fused-ring (bicyclic) bond motifs is 1. The number of halogens is 1. The first-order valence-corrected chi connectivity index (χ1v) is 10.8. The third kappa shape index (κ3) is 4.60. The van der Waals surface area contributed by atoms with Crippen LogP contribution in [0.25, 0.3) is 10.9 Å². The third-order valence-electron chi connectivity index (χ3n) is 4.02. The Kier molecular flexibility index (Phi) is 6.37. The van der Waals surface area contributed by atoms with Gasteiger partial charge < -0.3 is 4.52 Å². The van der Waals surface area contributed by atoms with E-state index in [9.17, 15) is 4.79 Å². The van der Waals surface area contributed by atoms with E-state index >= 15 is 0 Å². The molecular weight excluding hydrogens is 428 g/mol. The number of benzene rings is 1. The predicted octanol–water partition coefficient (Wildman–Crippen LogP) is 5.00. The number of hydrogen-bond acceptors (Lipinski definition) is 6. The van der Waals surface area contributed by atoms with Crippen molar-refractivity contribution in [2.75, 3.05) is 0 Å². The number of aromatic nitrogens is 4. The molecule has 0 N–H and O–H groups in total. The van der Waals surface area contributed by atoms with Gasteiger partial charge in [0.15, 0.2) is 11.0 Å². The molecule has 0 fully saturated rings. The minimum Gasteiger partial charge on any atom is -0.338 e. The molecule has 144 valence electrons. The molecule has 1 aromatic carbocycles. The summed E-state index contributed by atoms with van der Waals surface area (Å²) in [5, 5.41) is 5.22. The summed E-state index contributed by atoms with van der Waals surface area (Å²) in [4.78, 5) is 22.3. The van der Waals surface area contributed by atoms with Gasteiger partial charge in [0.05, 0.1) is 16.2 Å². The van der Waals surface area contributed by atoms with Gasteiger partial charge in [0.1, 0.15) is 0 Å². The lowest BCUT2D eigenvalue weighted by atomic mass is 10.2. The second kappa shape index (κ2) is 8.56. The third-order valence-corrected chi connectivity index (χ3v) is 5.59. The molecule has 0 saturated heterocycles. The van der Waals surface area contributed by atoms with Crippen LogP contribution in [0.15, 0.2) is 37.1 Å². The monoisotopic (exact) mass is 450 g/mol. The minimum absolute atomic E-state index is 0.0260. The van der Waals surface area contributed by atoms with E-state index in [0.29, 0.717) is 34.4 Å². The summed E-state index contributed by atoms with van der Waals surface area (Å²) in [5.74, 6) is 1.60. The molecule has 0 bridgehead atoms. The molecule has 1 unspecified atom stereocenters. The van der Waals surface area contributed by atoms with Crippen molar-refractivity contribution in [1.29, 1.82) is 0 Å². The standard InChI is InChI=1S/C19H23BrN4O2S/c1-5-6-16-22-17(26-23-16)12(4)27-19-21-15-8-7-13(20)9-14(15)18(25)24(19)10-11(2)3/h7-9,11-12H,5-6,10H2,1-4H3. The average molecular weight is 451 g/mol. The van der Waals surface area contributed by atoms with E-state index in [4.69, 9.17) is 9.51 Å². The maximum atomic E-state index is 13.1. The Bertz CT molecular complexity index is 999. The van der Waals surface area contributed by atoms with Crippen LogP contribution >= 0.6 is 27.7 Å². The molecule has 0 aliphatic rings. The van der Waals surface area contributed by atoms with Crippen molar-refractivity contribution in [3.63, 3.8) is 0 Å². The average Bonchev–Trinajstić information content (AvgIpc) is 3.08. The summed E-state index contributed by atoms with van der Waals surface area (Å²) < 4.78 is 8.02. The van der Waals surface area contributed by atoms with Crippen LogP contribution in [0.3, 0.4) is 0 Å². The lowest BCUT2D eigenvalue weighted by Crippen LogP contribution is -2.25. The highest BCUT2D eigenvalue weighted by molar-refractivity contribution is 9.10. The molecule has 2 heterocycles. The van der Waals surface area contributed by atoms with Gasteiger partial charge in [0.2, 0.25) is 5.89 Å². The molecule has 27 heavy (non-hydrogen) atoms. The summed E-state index contributed by atoms with van der Waals surface area (Å²) in [6.45, 7) is 8.85. The second-order valence-electron chi connectivity index (χ2n) is 6.92. The topological polar surface area (TPSA) is 73.8 Å². The van der Waals surface area contributed by atoms with E-state index in [1.54, 1.807) is 4.57 Å². The summed E-state index contributed by atoms with van der Waals surface area (Å²) in [6, 6.07) is 5.59. The van der Waals surface area contributed by atoms with Crippen LogP contribution in [0.4, 0.5) is 0 Å². The first-order valence-electron chi connectivity index (χ1n) is 9.08. The van der Waals surface area contributed by atoms with Gasteiger partial charge in [-0.3, -0.25) is 9.36 Å². The molecule has 0 amide bonds. The smallest absolute Gasteiger partial charge is 0.262 e. The first-order chi connectivity index (χ1) is 12.9. The zero-order chi connectivity index (χ0) is 19.6. The van der Waals surface area contributed by atoms with E-state index in [1.807, 2.05) is 25.1 Å². The van der Waals surface area contributed by atoms with Gasteiger partial charge in [0, 0.05) is 17.4 Å². The molecule has 0 saturated carbocycles. The number of nitrogens with zero attached hydrogens (tertiary/aromatic N) is 4. The van der Waals surface area contributed by atoms with E-state index in [2.05, 4.69) is 46.8 Å². The molecule has 0 aliphatic heterocycles. The van der Waals surface area contributed by atoms with E-state index < -0.39 is 0 Å². The van der Waals surface area contributed by atoms with E-state index in [1.165, 1.54) is 11.8 Å². The Morgan fingerprint density at radius 3 is 2.74 bits per heavy atom. The van der Waals surface area contributed by atoms with Crippen LogP contribution in [0, 0.1) is 5.92 Å². The maximum Gasteiger partial charge on any atom is 0.262 e. The highest BCUT2D eigenvalue weighted by atomic mass is 79.9. The van der Waals surface area contributed by atoms with Gasteiger partial charge in [-0.05, 0) is 37.5 Å². The Hall–Kier alpha value is -1.67. The Morgan fingerprint density at radius 1 is 1.26 bits per heavy atom. The van der Waals surface area contributed by atoms with Crippen molar-refractivity contribution < 1.29 is 4.52 Å². The molecule has 8 heteroatoms. The molecule has 3 rings (SSSR count). The van der Waals surface area contributed by atoms with Gasteiger partial charge in [-0.2, -0.15) is 4.98 Å². The van der Waals surface area contributed by atoms with Crippen LogP contribution in [0.1, 0.15) is 51.1 Å². The highest BCUT2D eigenvalue weighted by Gasteiger charge is 2.20. The molecule has 1 atom stereocenters.